The van der Waals surface area contributed by atoms with E-state index in [9.17, 15) is 4.79 Å². The lowest BCUT2D eigenvalue weighted by Gasteiger charge is -2.18. The van der Waals surface area contributed by atoms with Crippen molar-refractivity contribution in [1.82, 2.24) is 0 Å². The zero-order valence-electron chi connectivity index (χ0n) is 14.8. The van der Waals surface area contributed by atoms with Gasteiger partial charge in [-0.2, -0.15) is 0 Å². The van der Waals surface area contributed by atoms with Crippen molar-refractivity contribution in [2.75, 3.05) is 11.9 Å². The number of hydrogen-bond acceptors (Lipinski definition) is 3. The van der Waals surface area contributed by atoms with Gasteiger partial charge in [0.15, 0.2) is 6.10 Å². The van der Waals surface area contributed by atoms with Gasteiger partial charge >= 0.3 is 0 Å². The average Bonchev–Trinajstić information content (AvgIpc) is 2.65. The van der Waals surface area contributed by atoms with Crippen LogP contribution in [0.2, 0.25) is 0 Å². The number of anilines is 1. The third-order valence-electron chi connectivity index (χ3n) is 3.74. The normalized spacial score (nSPS) is 11.4. The molecular formula is C21H25NO3. The van der Waals surface area contributed by atoms with Crippen LogP contribution in [-0.2, 0) is 11.2 Å². The van der Waals surface area contributed by atoms with E-state index < -0.39 is 6.10 Å². The Morgan fingerprint density at radius 1 is 1.16 bits per heavy atom. The first-order valence-electron chi connectivity index (χ1n) is 8.56. The summed E-state index contributed by atoms with van der Waals surface area (Å²) in [6.45, 7) is 8.07. The van der Waals surface area contributed by atoms with E-state index >= 15 is 0 Å². The van der Waals surface area contributed by atoms with Crippen LogP contribution in [-0.4, -0.2) is 18.6 Å². The van der Waals surface area contributed by atoms with Crippen LogP contribution >= 0.6 is 0 Å². The van der Waals surface area contributed by atoms with Crippen molar-refractivity contribution >= 4 is 11.6 Å². The van der Waals surface area contributed by atoms with Crippen LogP contribution in [0, 0.1) is 0 Å². The van der Waals surface area contributed by atoms with Crippen LogP contribution in [0.5, 0.6) is 11.5 Å². The zero-order valence-corrected chi connectivity index (χ0v) is 14.8. The van der Waals surface area contributed by atoms with Crippen LogP contribution in [0.4, 0.5) is 5.69 Å². The van der Waals surface area contributed by atoms with Crippen LogP contribution < -0.4 is 14.8 Å². The second kappa shape index (κ2) is 9.52. The summed E-state index contributed by atoms with van der Waals surface area (Å²) in [4.78, 5) is 12.5. The van der Waals surface area contributed by atoms with Gasteiger partial charge in [0.25, 0.3) is 5.91 Å². The Hall–Kier alpha value is -2.75. The number of rotatable bonds is 9. The Labute approximate surface area is 149 Å². The molecule has 0 bridgehead atoms. The maximum Gasteiger partial charge on any atom is 0.265 e. The molecule has 0 spiro atoms. The minimum atomic E-state index is -0.551. The number of nitrogens with one attached hydrogen (secondary N) is 1. The van der Waals surface area contributed by atoms with E-state index in [2.05, 4.69) is 18.8 Å². The van der Waals surface area contributed by atoms with Crippen molar-refractivity contribution in [3.05, 3.63) is 66.7 Å². The Morgan fingerprint density at radius 3 is 2.56 bits per heavy atom. The van der Waals surface area contributed by atoms with Crippen molar-refractivity contribution in [1.29, 1.82) is 0 Å². The van der Waals surface area contributed by atoms with E-state index in [1.54, 1.807) is 12.1 Å². The molecule has 0 aliphatic rings. The van der Waals surface area contributed by atoms with Gasteiger partial charge in [-0.05, 0) is 42.7 Å². The van der Waals surface area contributed by atoms with E-state index in [0.29, 0.717) is 30.2 Å². The quantitative estimate of drug-likeness (QED) is 0.679. The van der Waals surface area contributed by atoms with Crippen molar-refractivity contribution in [3.8, 4) is 11.5 Å². The van der Waals surface area contributed by atoms with E-state index in [0.717, 1.165) is 6.42 Å². The molecular weight excluding hydrogens is 314 g/mol. The van der Waals surface area contributed by atoms with Gasteiger partial charge in [0, 0.05) is 11.8 Å². The van der Waals surface area contributed by atoms with E-state index in [1.165, 1.54) is 5.56 Å². The molecule has 4 nitrogen and oxygen atoms in total. The molecule has 1 amide bonds. The predicted molar refractivity (Wildman–Crippen MR) is 101 cm³/mol. The van der Waals surface area contributed by atoms with Crippen LogP contribution in [0.15, 0.2) is 61.2 Å². The number of ether oxygens (including phenoxy) is 2. The molecule has 0 radical (unpaired) electrons. The van der Waals surface area contributed by atoms with Gasteiger partial charge < -0.3 is 14.8 Å². The number of carbonyl (C=O) groups is 1. The lowest BCUT2D eigenvalue weighted by Crippen LogP contribution is -2.32. The van der Waals surface area contributed by atoms with Crippen molar-refractivity contribution in [2.45, 2.75) is 32.8 Å². The van der Waals surface area contributed by atoms with Gasteiger partial charge in [-0.15, -0.1) is 0 Å². The van der Waals surface area contributed by atoms with Crippen molar-refractivity contribution in [2.24, 2.45) is 0 Å². The maximum absolute atomic E-state index is 12.5. The lowest BCUT2D eigenvalue weighted by molar-refractivity contribution is -0.122. The highest BCUT2D eigenvalue weighted by Crippen LogP contribution is 2.19. The summed E-state index contributed by atoms with van der Waals surface area (Å²) < 4.78 is 11.3. The number of amides is 1. The number of benzene rings is 2. The third-order valence-corrected chi connectivity index (χ3v) is 3.74. The second-order valence-electron chi connectivity index (χ2n) is 5.63. The molecule has 0 saturated carbocycles. The monoisotopic (exact) mass is 339 g/mol. The summed E-state index contributed by atoms with van der Waals surface area (Å²) in [6, 6.07) is 15.1. The maximum atomic E-state index is 12.5. The first kappa shape index (κ1) is 18.6. The van der Waals surface area contributed by atoms with Gasteiger partial charge in [-0.25, -0.2) is 0 Å². The molecule has 2 aromatic carbocycles. The Morgan fingerprint density at radius 2 is 1.92 bits per heavy atom. The highest BCUT2D eigenvalue weighted by atomic mass is 16.5. The third kappa shape index (κ3) is 5.68. The second-order valence-corrected chi connectivity index (χ2v) is 5.63. The van der Waals surface area contributed by atoms with Gasteiger partial charge in [0.05, 0.1) is 0 Å². The molecule has 0 saturated heterocycles. The summed E-state index contributed by atoms with van der Waals surface area (Å²) in [5.41, 5.74) is 1.91. The van der Waals surface area contributed by atoms with E-state index in [4.69, 9.17) is 9.47 Å². The fourth-order valence-electron chi connectivity index (χ4n) is 2.33. The van der Waals surface area contributed by atoms with Gasteiger partial charge in [-0.1, -0.05) is 44.7 Å². The minimum absolute atomic E-state index is 0.178. The highest BCUT2D eigenvalue weighted by molar-refractivity contribution is 5.94. The number of carbonyl (C=O) groups excluding carboxylic acids is 1. The summed E-state index contributed by atoms with van der Waals surface area (Å²) in [5.74, 6) is 1.20. The Bertz CT molecular complexity index is 695. The fraction of sp³-hybridized carbons (Fsp3) is 0.286. The predicted octanol–water partition coefficient (Wildman–Crippen LogP) is 4.61. The molecule has 2 rings (SSSR count). The molecule has 1 atom stereocenters. The van der Waals surface area contributed by atoms with Crippen LogP contribution in [0.1, 0.15) is 25.8 Å². The molecule has 2 aromatic rings. The van der Waals surface area contributed by atoms with Crippen LogP contribution in [0.25, 0.3) is 0 Å². The molecule has 0 aliphatic heterocycles. The smallest absolute Gasteiger partial charge is 0.265 e. The van der Waals surface area contributed by atoms with Gasteiger partial charge in [0.2, 0.25) is 0 Å². The first-order chi connectivity index (χ1) is 12.2. The number of aryl methyl sites for hydroxylation is 1. The first-order valence-corrected chi connectivity index (χ1v) is 8.56. The molecule has 4 heteroatoms. The summed E-state index contributed by atoms with van der Waals surface area (Å²) in [5, 5.41) is 2.88. The molecule has 0 heterocycles. The van der Waals surface area contributed by atoms with E-state index in [-0.39, 0.29) is 5.91 Å². The summed E-state index contributed by atoms with van der Waals surface area (Å²) >= 11 is 0. The standard InChI is InChI=1S/C21H25NO3/c1-4-14-24-19-9-7-8-17(15-19)22-21(23)20(6-3)25-18-12-10-16(5-2)11-13-18/h4,7-13,15,20H,1,5-6,14H2,2-3H3,(H,22,23). The number of hydrogen-bond donors (Lipinski definition) is 1. The largest absolute Gasteiger partial charge is 0.489 e. The SMILES string of the molecule is C=CCOc1cccc(NC(=O)C(CC)Oc2ccc(CC)cc2)c1. The summed E-state index contributed by atoms with van der Waals surface area (Å²) in [6.07, 6.45) is 2.68. The van der Waals surface area contributed by atoms with Gasteiger partial charge in [-0.3, -0.25) is 4.79 Å². The van der Waals surface area contributed by atoms with Gasteiger partial charge in [0.1, 0.15) is 18.1 Å². The Balaban J connectivity index is 2.00. The zero-order chi connectivity index (χ0) is 18.1. The van der Waals surface area contributed by atoms with Crippen molar-refractivity contribution in [3.63, 3.8) is 0 Å². The van der Waals surface area contributed by atoms with Crippen LogP contribution in [0.3, 0.4) is 0 Å². The molecule has 25 heavy (non-hydrogen) atoms. The van der Waals surface area contributed by atoms with E-state index in [1.807, 2.05) is 49.4 Å². The molecule has 0 aliphatic carbocycles. The molecule has 0 fully saturated rings. The van der Waals surface area contributed by atoms with Crippen molar-refractivity contribution < 1.29 is 14.3 Å². The topological polar surface area (TPSA) is 47.6 Å². The fourth-order valence-corrected chi connectivity index (χ4v) is 2.33. The minimum Gasteiger partial charge on any atom is -0.489 e. The molecule has 0 aromatic heterocycles. The Kier molecular flexibility index (Phi) is 7.08. The molecule has 1 N–H and O–H groups in total. The lowest BCUT2D eigenvalue weighted by atomic mass is 10.1. The highest BCUT2D eigenvalue weighted by Gasteiger charge is 2.18. The summed E-state index contributed by atoms with van der Waals surface area (Å²) in [7, 11) is 0. The molecule has 1 unspecified atom stereocenters. The molecule has 132 valence electrons. The average molecular weight is 339 g/mol.